The third kappa shape index (κ3) is 7.82. The highest BCUT2D eigenvalue weighted by molar-refractivity contribution is 5.94. The van der Waals surface area contributed by atoms with Crippen LogP contribution in [0.4, 0.5) is 0 Å². The maximum atomic E-state index is 11.5. The lowest BCUT2D eigenvalue weighted by Gasteiger charge is -2.11. The fraction of sp³-hybridized carbons (Fsp3) is 0.389. The lowest BCUT2D eigenvalue weighted by atomic mass is 10.1. The summed E-state index contributed by atoms with van der Waals surface area (Å²) in [5, 5.41) is 8.80. The van der Waals surface area contributed by atoms with Crippen molar-refractivity contribution in [3.8, 4) is 6.07 Å². The van der Waals surface area contributed by atoms with Crippen molar-refractivity contribution in [3.05, 3.63) is 41.2 Å². The summed E-state index contributed by atoms with van der Waals surface area (Å²) < 4.78 is 10.7. The Kier molecular flexibility index (Phi) is 8.16. The number of carbonyl (C=O) groups is 2. The van der Waals surface area contributed by atoms with Crippen LogP contribution >= 0.6 is 0 Å². The van der Waals surface area contributed by atoms with Gasteiger partial charge in [-0.1, -0.05) is 25.5 Å². The summed E-state index contributed by atoms with van der Waals surface area (Å²) in [6.45, 7) is 3.91. The molecule has 0 saturated carbocycles. The van der Waals surface area contributed by atoms with Crippen LogP contribution in [0.3, 0.4) is 0 Å². The van der Waals surface area contributed by atoms with Gasteiger partial charge in [0, 0.05) is 0 Å². The van der Waals surface area contributed by atoms with Crippen LogP contribution in [0.15, 0.2) is 30.0 Å². The Balaban J connectivity index is 2.73. The largest absolute Gasteiger partial charge is 0.494 e. The van der Waals surface area contributed by atoms with Crippen molar-refractivity contribution in [1.82, 2.24) is 0 Å². The molecule has 122 valence electrons. The summed E-state index contributed by atoms with van der Waals surface area (Å²) in [4.78, 5) is 22.4. The molecule has 0 saturated heterocycles. The van der Waals surface area contributed by atoms with Crippen LogP contribution in [0.25, 0.3) is 6.08 Å². The van der Waals surface area contributed by atoms with E-state index in [0.717, 1.165) is 18.4 Å². The molecule has 0 atom stereocenters. The highest BCUT2D eigenvalue weighted by Crippen LogP contribution is 2.11. The molecule has 0 N–H and O–H groups in total. The topological polar surface area (TPSA) is 76.4 Å². The predicted octanol–water partition coefficient (Wildman–Crippen LogP) is 3.24. The van der Waals surface area contributed by atoms with Crippen LogP contribution in [0, 0.1) is 11.3 Å². The molecule has 1 aromatic rings. The molecule has 0 aliphatic heterocycles. The molecule has 5 heteroatoms. The second-order valence-electron chi connectivity index (χ2n) is 5.09. The second-order valence-corrected chi connectivity index (χ2v) is 5.09. The Labute approximate surface area is 136 Å². The highest BCUT2D eigenvalue weighted by Gasteiger charge is 2.09. The van der Waals surface area contributed by atoms with Crippen LogP contribution in [-0.4, -0.2) is 25.0 Å². The summed E-state index contributed by atoms with van der Waals surface area (Å²) in [6.07, 6.45) is 3.41. The molecule has 0 fully saturated rings. The van der Waals surface area contributed by atoms with E-state index in [0.29, 0.717) is 17.9 Å². The normalized spacial score (nSPS) is 10.7. The van der Waals surface area contributed by atoms with E-state index in [2.05, 4.69) is 13.0 Å². The SMILES string of the molecule is CCCCO/C(=C\c1ccc(C#N)cc1)COC(=O)CC(C)=O. The highest BCUT2D eigenvalue weighted by atomic mass is 16.6. The van der Waals surface area contributed by atoms with E-state index in [4.69, 9.17) is 14.7 Å². The van der Waals surface area contributed by atoms with Crippen molar-refractivity contribution < 1.29 is 19.1 Å². The van der Waals surface area contributed by atoms with Crippen LogP contribution in [0.2, 0.25) is 0 Å². The van der Waals surface area contributed by atoms with Gasteiger partial charge in [0.1, 0.15) is 24.6 Å². The van der Waals surface area contributed by atoms with Crippen molar-refractivity contribution in [2.24, 2.45) is 0 Å². The van der Waals surface area contributed by atoms with E-state index in [1.807, 2.05) is 0 Å². The zero-order chi connectivity index (χ0) is 17.1. The number of benzene rings is 1. The molecule has 0 heterocycles. The number of Topliss-reactive ketones (excluding diaryl/α,β-unsaturated/α-hetero) is 1. The molecule has 0 radical (unpaired) electrons. The van der Waals surface area contributed by atoms with E-state index in [-0.39, 0.29) is 18.8 Å². The van der Waals surface area contributed by atoms with Crippen LogP contribution in [-0.2, 0) is 19.1 Å². The quantitative estimate of drug-likeness (QED) is 0.302. The number of unbranched alkanes of at least 4 members (excludes halogenated alkanes) is 1. The first kappa shape index (κ1) is 18.4. The first-order valence-corrected chi connectivity index (χ1v) is 7.53. The minimum Gasteiger partial charge on any atom is -0.494 e. The van der Waals surface area contributed by atoms with Gasteiger partial charge in [-0.15, -0.1) is 0 Å². The monoisotopic (exact) mass is 315 g/mol. The average Bonchev–Trinajstić information content (AvgIpc) is 2.52. The molecule has 0 aromatic heterocycles. The van der Waals surface area contributed by atoms with Gasteiger partial charge in [-0.05, 0) is 37.1 Å². The number of ketones is 1. The van der Waals surface area contributed by atoms with E-state index in [1.165, 1.54) is 6.92 Å². The van der Waals surface area contributed by atoms with Gasteiger partial charge in [-0.25, -0.2) is 0 Å². The Hall–Kier alpha value is -2.61. The maximum absolute atomic E-state index is 11.5. The molecule has 0 bridgehead atoms. The molecule has 1 aromatic carbocycles. The molecule has 0 spiro atoms. The summed E-state index contributed by atoms with van der Waals surface area (Å²) in [5.41, 5.74) is 1.42. The molecule has 0 amide bonds. The molecular weight excluding hydrogens is 294 g/mol. The maximum Gasteiger partial charge on any atom is 0.313 e. The van der Waals surface area contributed by atoms with E-state index in [9.17, 15) is 9.59 Å². The first-order valence-electron chi connectivity index (χ1n) is 7.53. The lowest BCUT2D eigenvalue weighted by Crippen LogP contribution is -2.12. The third-order valence-electron chi connectivity index (χ3n) is 2.92. The second kappa shape index (κ2) is 10.2. The Morgan fingerprint density at radius 3 is 2.48 bits per heavy atom. The number of hydrogen-bond acceptors (Lipinski definition) is 5. The van der Waals surface area contributed by atoms with Gasteiger partial charge in [0.15, 0.2) is 0 Å². The van der Waals surface area contributed by atoms with Crippen molar-refractivity contribution in [1.29, 1.82) is 5.26 Å². The Morgan fingerprint density at radius 2 is 1.91 bits per heavy atom. The average molecular weight is 315 g/mol. The molecule has 5 nitrogen and oxygen atoms in total. The van der Waals surface area contributed by atoms with Gasteiger partial charge in [0.25, 0.3) is 0 Å². The van der Waals surface area contributed by atoms with E-state index in [1.54, 1.807) is 30.3 Å². The molecule has 0 aliphatic carbocycles. The summed E-state index contributed by atoms with van der Waals surface area (Å²) >= 11 is 0. The zero-order valence-electron chi connectivity index (χ0n) is 13.5. The van der Waals surface area contributed by atoms with Crippen LogP contribution in [0.1, 0.15) is 44.2 Å². The Morgan fingerprint density at radius 1 is 1.22 bits per heavy atom. The number of ether oxygens (including phenoxy) is 2. The van der Waals surface area contributed by atoms with Gasteiger partial charge < -0.3 is 9.47 Å². The molecule has 0 aliphatic rings. The molecule has 23 heavy (non-hydrogen) atoms. The number of nitriles is 1. The predicted molar refractivity (Wildman–Crippen MR) is 86.3 cm³/mol. The fourth-order valence-electron chi connectivity index (χ4n) is 1.72. The summed E-state index contributed by atoms with van der Waals surface area (Å²) in [7, 11) is 0. The van der Waals surface area contributed by atoms with Gasteiger partial charge in [-0.2, -0.15) is 5.26 Å². The van der Waals surface area contributed by atoms with E-state index < -0.39 is 5.97 Å². The first-order chi connectivity index (χ1) is 11.0. The van der Waals surface area contributed by atoms with Crippen molar-refractivity contribution in [2.45, 2.75) is 33.1 Å². The Bertz CT molecular complexity index is 596. The zero-order valence-corrected chi connectivity index (χ0v) is 13.5. The summed E-state index contributed by atoms with van der Waals surface area (Å²) in [5.74, 6) is -0.290. The third-order valence-corrected chi connectivity index (χ3v) is 2.92. The van der Waals surface area contributed by atoms with Gasteiger partial charge in [0.05, 0.1) is 18.2 Å². The van der Waals surface area contributed by atoms with E-state index >= 15 is 0 Å². The minimum atomic E-state index is -0.567. The smallest absolute Gasteiger partial charge is 0.313 e. The van der Waals surface area contributed by atoms with Crippen LogP contribution in [0.5, 0.6) is 0 Å². The number of rotatable bonds is 9. The number of hydrogen-bond donors (Lipinski definition) is 0. The van der Waals surface area contributed by atoms with Gasteiger partial charge >= 0.3 is 5.97 Å². The molecule has 0 unspecified atom stereocenters. The standard InChI is InChI=1S/C18H21NO4/c1-3-4-9-22-17(13-23-18(21)10-14(2)20)11-15-5-7-16(12-19)8-6-15/h5-8,11H,3-4,9-10,13H2,1-2H3/b17-11-. The van der Waals surface area contributed by atoms with Crippen LogP contribution < -0.4 is 0 Å². The number of nitrogens with zero attached hydrogens (tertiary/aromatic N) is 1. The molecule has 1 rings (SSSR count). The number of carbonyl (C=O) groups excluding carboxylic acids is 2. The summed E-state index contributed by atoms with van der Waals surface area (Å²) in [6, 6.07) is 9.05. The lowest BCUT2D eigenvalue weighted by molar-refractivity contribution is -0.145. The van der Waals surface area contributed by atoms with Gasteiger partial charge in [-0.3, -0.25) is 9.59 Å². The van der Waals surface area contributed by atoms with Crippen molar-refractivity contribution in [3.63, 3.8) is 0 Å². The number of esters is 1. The minimum absolute atomic E-state index is 0.0180. The molecular formula is C18H21NO4. The van der Waals surface area contributed by atoms with Crippen molar-refractivity contribution in [2.75, 3.05) is 13.2 Å². The van der Waals surface area contributed by atoms with Gasteiger partial charge in [0.2, 0.25) is 0 Å². The van der Waals surface area contributed by atoms with Crippen molar-refractivity contribution >= 4 is 17.8 Å². The fourth-order valence-corrected chi connectivity index (χ4v) is 1.72.